The Bertz CT molecular complexity index is 382. The predicted molar refractivity (Wildman–Crippen MR) is 64.2 cm³/mol. The molecule has 0 aromatic heterocycles. The van der Waals surface area contributed by atoms with Crippen LogP contribution in [0.4, 0.5) is 5.69 Å². The molecule has 0 bridgehead atoms. The van der Waals surface area contributed by atoms with Gasteiger partial charge in [0.25, 0.3) is 0 Å². The number of ether oxygens (including phenoxy) is 1. The molecule has 0 unspecified atom stereocenters. The van der Waals surface area contributed by atoms with Crippen LogP contribution in [0.15, 0.2) is 18.2 Å². The highest BCUT2D eigenvalue weighted by Crippen LogP contribution is 2.19. The highest BCUT2D eigenvalue weighted by molar-refractivity contribution is 5.51. The van der Waals surface area contributed by atoms with E-state index in [4.69, 9.17) is 15.7 Å². The fourth-order valence-electron chi connectivity index (χ4n) is 1.26. The number of nitrogens with zero attached hydrogens (tertiary/aromatic N) is 2. The van der Waals surface area contributed by atoms with Gasteiger partial charge in [0.15, 0.2) is 0 Å². The van der Waals surface area contributed by atoms with Crippen LogP contribution < -0.4 is 10.5 Å². The van der Waals surface area contributed by atoms with E-state index >= 15 is 0 Å². The zero-order valence-corrected chi connectivity index (χ0v) is 9.73. The molecule has 1 aromatic carbocycles. The van der Waals surface area contributed by atoms with Crippen molar-refractivity contribution in [1.29, 1.82) is 5.26 Å². The van der Waals surface area contributed by atoms with E-state index in [1.165, 1.54) is 0 Å². The topological polar surface area (TPSA) is 62.3 Å². The Labute approximate surface area is 96.2 Å². The van der Waals surface area contributed by atoms with Crippen molar-refractivity contribution >= 4 is 5.69 Å². The second kappa shape index (κ2) is 5.99. The van der Waals surface area contributed by atoms with Gasteiger partial charge in [0.05, 0.1) is 12.5 Å². The Morgan fingerprint density at radius 1 is 1.44 bits per heavy atom. The highest BCUT2D eigenvalue weighted by atomic mass is 16.5. The number of nitriles is 1. The SMILES string of the molecule is CN(C)CCOc1ccc(N)c(CC#N)c1. The molecule has 0 radical (unpaired) electrons. The van der Waals surface area contributed by atoms with Crippen LogP contribution in [-0.2, 0) is 6.42 Å². The third-order valence-electron chi connectivity index (χ3n) is 2.19. The molecule has 16 heavy (non-hydrogen) atoms. The summed E-state index contributed by atoms with van der Waals surface area (Å²) < 4.78 is 5.55. The van der Waals surface area contributed by atoms with Crippen molar-refractivity contribution in [2.75, 3.05) is 33.0 Å². The van der Waals surface area contributed by atoms with Crippen LogP contribution >= 0.6 is 0 Å². The first-order chi connectivity index (χ1) is 7.63. The smallest absolute Gasteiger partial charge is 0.119 e. The van der Waals surface area contributed by atoms with Crippen molar-refractivity contribution in [3.63, 3.8) is 0 Å². The number of anilines is 1. The van der Waals surface area contributed by atoms with Gasteiger partial charge in [0, 0.05) is 12.2 Å². The molecule has 2 N–H and O–H groups in total. The standard InChI is InChI=1S/C12H17N3O/c1-15(2)7-8-16-11-3-4-12(14)10(9-11)5-6-13/h3-4,9H,5,7-8,14H2,1-2H3. The van der Waals surface area contributed by atoms with Gasteiger partial charge >= 0.3 is 0 Å². The lowest BCUT2D eigenvalue weighted by atomic mass is 10.1. The molecule has 1 aromatic rings. The quantitative estimate of drug-likeness (QED) is 0.758. The fraction of sp³-hybridized carbons (Fsp3) is 0.417. The van der Waals surface area contributed by atoms with E-state index in [0.29, 0.717) is 18.7 Å². The van der Waals surface area contributed by atoms with Crippen molar-refractivity contribution in [2.45, 2.75) is 6.42 Å². The maximum Gasteiger partial charge on any atom is 0.119 e. The van der Waals surface area contributed by atoms with Crippen molar-refractivity contribution in [2.24, 2.45) is 0 Å². The van der Waals surface area contributed by atoms with Crippen molar-refractivity contribution < 1.29 is 4.74 Å². The Kier molecular flexibility index (Phi) is 4.62. The molecular formula is C12H17N3O. The minimum Gasteiger partial charge on any atom is -0.492 e. The molecule has 0 aliphatic carbocycles. The largest absolute Gasteiger partial charge is 0.492 e. The second-order valence-electron chi connectivity index (χ2n) is 3.85. The molecule has 86 valence electrons. The number of nitrogens with two attached hydrogens (primary N) is 1. The first kappa shape index (κ1) is 12.3. The molecule has 0 fully saturated rings. The summed E-state index contributed by atoms with van der Waals surface area (Å²) in [7, 11) is 3.99. The second-order valence-corrected chi connectivity index (χ2v) is 3.85. The van der Waals surface area contributed by atoms with E-state index in [1.54, 1.807) is 6.07 Å². The Hall–Kier alpha value is -1.73. The summed E-state index contributed by atoms with van der Waals surface area (Å²) in [5.41, 5.74) is 7.20. The summed E-state index contributed by atoms with van der Waals surface area (Å²) >= 11 is 0. The van der Waals surface area contributed by atoms with Gasteiger partial charge in [-0.25, -0.2) is 0 Å². The third-order valence-corrected chi connectivity index (χ3v) is 2.19. The number of hydrogen-bond donors (Lipinski definition) is 1. The number of hydrogen-bond acceptors (Lipinski definition) is 4. The summed E-state index contributed by atoms with van der Waals surface area (Å²) in [4.78, 5) is 2.05. The van der Waals surface area contributed by atoms with E-state index < -0.39 is 0 Å². The van der Waals surface area contributed by atoms with Crippen molar-refractivity contribution in [3.8, 4) is 11.8 Å². The van der Waals surface area contributed by atoms with E-state index in [0.717, 1.165) is 17.9 Å². The van der Waals surface area contributed by atoms with Crippen LogP contribution in [0.1, 0.15) is 5.56 Å². The molecule has 0 heterocycles. The van der Waals surface area contributed by atoms with Crippen molar-refractivity contribution in [1.82, 2.24) is 4.90 Å². The monoisotopic (exact) mass is 219 g/mol. The van der Waals surface area contributed by atoms with E-state index in [2.05, 4.69) is 6.07 Å². The normalized spacial score (nSPS) is 10.1. The lowest BCUT2D eigenvalue weighted by molar-refractivity contribution is 0.261. The molecule has 1 rings (SSSR count). The zero-order chi connectivity index (χ0) is 12.0. The summed E-state index contributed by atoms with van der Waals surface area (Å²) in [6.45, 7) is 1.49. The Morgan fingerprint density at radius 2 is 2.19 bits per heavy atom. The summed E-state index contributed by atoms with van der Waals surface area (Å²) in [5, 5.41) is 8.63. The summed E-state index contributed by atoms with van der Waals surface area (Å²) in [6, 6.07) is 7.51. The third kappa shape index (κ3) is 3.79. The van der Waals surface area contributed by atoms with Gasteiger partial charge in [0.1, 0.15) is 12.4 Å². The lowest BCUT2D eigenvalue weighted by Crippen LogP contribution is -2.19. The van der Waals surface area contributed by atoms with Crippen LogP contribution in [0.25, 0.3) is 0 Å². The first-order valence-corrected chi connectivity index (χ1v) is 5.16. The first-order valence-electron chi connectivity index (χ1n) is 5.16. The van der Waals surface area contributed by atoms with Gasteiger partial charge in [-0.05, 0) is 37.9 Å². The van der Waals surface area contributed by atoms with Gasteiger partial charge in [-0.2, -0.15) is 5.26 Å². The number of benzene rings is 1. The van der Waals surface area contributed by atoms with Crippen LogP contribution in [0.2, 0.25) is 0 Å². The van der Waals surface area contributed by atoms with Gasteiger partial charge in [-0.1, -0.05) is 0 Å². The average molecular weight is 219 g/mol. The maximum atomic E-state index is 8.63. The molecule has 0 spiro atoms. The van der Waals surface area contributed by atoms with Gasteiger partial charge < -0.3 is 15.4 Å². The lowest BCUT2D eigenvalue weighted by Gasteiger charge is -2.12. The molecule has 0 amide bonds. The number of nitrogen functional groups attached to an aromatic ring is 1. The van der Waals surface area contributed by atoms with Crippen molar-refractivity contribution in [3.05, 3.63) is 23.8 Å². The number of likely N-dealkylation sites (N-methyl/N-ethyl adjacent to an activating group) is 1. The van der Waals surface area contributed by atoms with Crippen LogP contribution in [0, 0.1) is 11.3 Å². The minimum atomic E-state index is 0.316. The van der Waals surface area contributed by atoms with Gasteiger partial charge in [-0.15, -0.1) is 0 Å². The minimum absolute atomic E-state index is 0.316. The van der Waals surface area contributed by atoms with Crippen LogP contribution in [0.3, 0.4) is 0 Å². The van der Waals surface area contributed by atoms with Gasteiger partial charge in [0.2, 0.25) is 0 Å². The van der Waals surface area contributed by atoms with E-state index in [-0.39, 0.29) is 0 Å². The van der Waals surface area contributed by atoms with E-state index in [1.807, 2.05) is 31.1 Å². The molecule has 0 atom stereocenters. The fourth-order valence-corrected chi connectivity index (χ4v) is 1.26. The molecule has 4 heteroatoms. The molecule has 0 saturated heterocycles. The molecule has 0 aliphatic heterocycles. The van der Waals surface area contributed by atoms with Crippen LogP contribution in [-0.4, -0.2) is 32.1 Å². The Balaban J connectivity index is 2.61. The maximum absolute atomic E-state index is 8.63. The Morgan fingerprint density at radius 3 is 2.81 bits per heavy atom. The molecule has 0 aliphatic rings. The highest BCUT2D eigenvalue weighted by Gasteiger charge is 2.01. The zero-order valence-electron chi connectivity index (χ0n) is 9.73. The molecular weight excluding hydrogens is 202 g/mol. The molecule has 4 nitrogen and oxygen atoms in total. The summed E-state index contributed by atoms with van der Waals surface area (Å²) in [6.07, 6.45) is 0.316. The predicted octanol–water partition coefficient (Wildman–Crippen LogP) is 1.28. The average Bonchev–Trinajstić information content (AvgIpc) is 2.22. The van der Waals surface area contributed by atoms with Crippen LogP contribution in [0.5, 0.6) is 5.75 Å². The molecule has 0 saturated carbocycles. The van der Waals surface area contributed by atoms with Gasteiger partial charge in [-0.3, -0.25) is 0 Å². The van der Waals surface area contributed by atoms with E-state index in [9.17, 15) is 0 Å². The summed E-state index contributed by atoms with van der Waals surface area (Å²) in [5.74, 6) is 0.765. The number of rotatable bonds is 5.